The molecule has 2 heterocycles. The molecule has 0 saturated heterocycles. The van der Waals surface area contributed by atoms with E-state index in [-0.39, 0.29) is 18.1 Å². The summed E-state index contributed by atoms with van der Waals surface area (Å²) in [7, 11) is 0. The van der Waals surface area contributed by atoms with Gasteiger partial charge in [-0.05, 0) is 40.2 Å². The van der Waals surface area contributed by atoms with Crippen molar-refractivity contribution in [2.45, 2.75) is 46.8 Å². The summed E-state index contributed by atoms with van der Waals surface area (Å²) in [6, 6.07) is 0.199. The van der Waals surface area contributed by atoms with Crippen LogP contribution in [0, 0.1) is 6.92 Å². The standard InChI is InChI=1S/C14H18ClN3O2S/c1-6(2)16-14-17-11(15)9-8(5)10(21-12(9)18-14)13(19)20-7(3)4/h6-7H,1-5H3,(H,16,17,18). The first-order valence-corrected chi connectivity index (χ1v) is 7.93. The van der Waals surface area contributed by atoms with Crippen LogP contribution in [0.4, 0.5) is 5.95 Å². The number of rotatable bonds is 4. The normalized spacial score (nSPS) is 11.4. The van der Waals surface area contributed by atoms with Crippen molar-refractivity contribution in [1.82, 2.24) is 9.97 Å². The molecule has 0 spiro atoms. The lowest BCUT2D eigenvalue weighted by atomic mass is 10.2. The van der Waals surface area contributed by atoms with Gasteiger partial charge >= 0.3 is 5.97 Å². The van der Waals surface area contributed by atoms with Crippen molar-refractivity contribution in [3.8, 4) is 0 Å². The molecule has 0 aliphatic rings. The molecule has 0 radical (unpaired) electrons. The van der Waals surface area contributed by atoms with Gasteiger partial charge in [0.2, 0.25) is 5.95 Å². The summed E-state index contributed by atoms with van der Waals surface area (Å²) < 4.78 is 5.25. The summed E-state index contributed by atoms with van der Waals surface area (Å²) in [5.41, 5.74) is 0.766. The van der Waals surface area contributed by atoms with Crippen LogP contribution in [-0.4, -0.2) is 28.1 Å². The van der Waals surface area contributed by atoms with Gasteiger partial charge in [0.05, 0.1) is 11.5 Å². The number of hydrogen-bond acceptors (Lipinski definition) is 6. The van der Waals surface area contributed by atoms with Crippen molar-refractivity contribution >= 4 is 45.1 Å². The smallest absolute Gasteiger partial charge is 0.348 e. The minimum Gasteiger partial charge on any atom is -0.459 e. The Morgan fingerprint density at radius 1 is 1.29 bits per heavy atom. The number of aromatic nitrogens is 2. The van der Waals surface area contributed by atoms with Gasteiger partial charge in [0.25, 0.3) is 0 Å². The van der Waals surface area contributed by atoms with Crippen molar-refractivity contribution in [2.75, 3.05) is 5.32 Å². The molecule has 0 amide bonds. The Hall–Kier alpha value is -1.40. The maximum absolute atomic E-state index is 12.1. The van der Waals surface area contributed by atoms with Gasteiger partial charge in [0, 0.05) is 6.04 Å². The van der Waals surface area contributed by atoms with E-state index in [1.54, 1.807) is 0 Å². The number of carbonyl (C=O) groups is 1. The van der Waals surface area contributed by atoms with Crippen LogP contribution in [-0.2, 0) is 4.74 Å². The van der Waals surface area contributed by atoms with E-state index in [1.165, 1.54) is 11.3 Å². The highest BCUT2D eigenvalue weighted by Gasteiger charge is 2.21. The summed E-state index contributed by atoms with van der Waals surface area (Å²) in [6.07, 6.45) is -0.165. The van der Waals surface area contributed by atoms with Gasteiger partial charge in [-0.15, -0.1) is 11.3 Å². The Morgan fingerprint density at radius 3 is 2.52 bits per heavy atom. The second-order valence-corrected chi connectivity index (χ2v) is 6.68. The van der Waals surface area contributed by atoms with E-state index in [0.717, 1.165) is 5.56 Å². The number of thiophene rings is 1. The van der Waals surface area contributed by atoms with Gasteiger partial charge in [0.1, 0.15) is 14.9 Å². The molecule has 0 aliphatic heterocycles. The molecule has 114 valence electrons. The highest BCUT2D eigenvalue weighted by atomic mass is 35.5. The number of nitrogens with one attached hydrogen (secondary N) is 1. The van der Waals surface area contributed by atoms with E-state index in [2.05, 4.69) is 15.3 Å². The third-order valence-electron chi connectivity index (χ3n) is 2.69. The second kappa shape index (κ2) is 6.15. The van der Waals surface area contributed by atoms with Crippen LogP contribution in [0.15, 0.2) is 0 Å². The van der Waals surface area contributed by atoms with Crippen LogP contribution in [0.3, 0.4) is 0 Å². The first-order valence-electron chi connectivity index (χ1n) is 6.73. The molecule has 0 bridgehead atoms. The molecule has 0 fully saturated rings. The largest absolute Gasteiger partial charge is 0.459 e. The van der Waals surface area contributed by atoms with Crippen LogP contribution < -0.4 is 5.32 Å². The monoisotopic (exact) mass is 327 g/mol. The molecule has 21 heavy (non-hydrogen) atoms. The van der Waals surface area contributed by atoms with E-state index >= 15 is 0 Å². The molecule has 0 atom stereocenters. The molecular formula is C14H18ClN3O2S. The predicted molar refractivity (Wildman–Crippen MR) is 86.5 cm³/mol. The number of aryl methyl sites for hydroxylation is 1. The molecule has 0 aromatic carbocycles. The van der Waals surface area contributed by atoms with E-state index in [0.29, 0.717) is 26.2 Å². The van der Waals surface area contributed by atoms with Crippen molar-refractivity contribution in [3.63, 3.8) is 0 Å². The van der Waals surface area contributed by atoms with Crippen LogP contribution in [0.2, 0.25) is 5.15 Å². The molecule has 1 N–H and O–H groups in total. The zero-order valence-corrected chi connectivity index (χ0v) is 14.2. The highest BCUT2D eigenvalue weighted by molar-refractivity contribution is 7.20. The molecule has 0 aliphatic carbocycles. The van der Waals surface area contributed by atoms with E-state index < -0.39 is 0 Å². The van der Waals surface area contributed by atoms with Gasteiger partial charge in [-0.2, -0.15) is 0 Å². The quantitative estimate of drug-likeness (QED) is 0.678. The first-order chi connectivity index (χ1) is 9.79. The molecule has 0 saturated carbocycles. The summed E-state index contributed by atoms with van der Waals surface area (Å²) in [5, 5.41) is 4.17. The van der Waals surface area contributed by atoms with Crippen LogP contribution in [0.25, 0.3) is 10.2 Å². The van der Waals surface area contributed by atoms with Gasteiger partial charge in [0.15, 0.2) is 0 Å². The number of halogens is 1. The van der Waals surface area contributed by atoms with Crippen molar-refractivity contribution in [3.05, 3.63) is 15.6 Å². The zero-order valence-electron chi connectivity index (χ0n) is 12.7. The molecule has 2 aromatic heterocycles. The fourth-order valence-corrected chi connectivity index (χ4v) is 3.31. The molecular weight excluding hydrogens is 310 g/mol. The predicted octanol–water partition coefficient (Wildman–Crippen LogP) is 4.04. The Labute approximate surface area is 132 Å². The summed E-state index contributed by atoms with van der Waals surface area (Å²) in [4.78, 5) is 22.0. The first kappa shape index (κ1) is 16.0. The highest BCUT2D eigenvalue weighted by Crippen LogP contribution is 2.34. The van der Waals surface area contributed by atoms with E-state index in [9.17, 15) is 4.79 Å². The van der Waals surface area contributed by atoms with E-state index in [1.807, 2.05) is 34.6 Å². The lowest BCUT2D eigenvalue weighted by Crippen LogP contribution is -2.12. The van der Waals surface area contributed by atoms with Crippen molar-refractivity contribution < 1.29 is 9.53 Å². The number of hydrogen-bond donors (Lipinski definition) is 1. The SMILES string of the molecule is Cc1c(C(=O)OC(C)C)sc2nc(NC(C)C)nc(Cl)c12. The van der Waals surface area contributed by atoms with Crippen LogP contribution in [0.5, 0.6) is 0 Å². The Balaban J connectivity index is 2.49. The number of fused-ring (bicyclic) bond motifs is 1. The third-order valence-corrected chi connectivity index (χ3v) is 4.13. The molecule has 0 unspecified atom stereocenters. The molecule has 5 nitrogen and oxygen atoms in total. The van der Waals surface area contributed by atoms with Crippen LogP contribution >= 0.6 is 22.9 Å². The number of carbonyl (C=O) groups excluding carboxylic acids is 1. The Bertz CT molecular complexity index is 682. The Morgan fingerprint density at radius 2 is 1.95 bits per heavy atom. The molecule has 7 heteroatoms. The summed E-state index contributed by atoms with van der Waals surface area (Å²) >= 11 is 7.52. The van der Waals surface area contributed by atoms with Crippen molar-refractivity contribution in [2.24, 2.45) is 0 Å². The lowest BCUT2D eigenvalue weighted by Gasteiger charge is -2.08. The second-order valence-electron chi connectivity index (χ2n) is 5.33. The number of anilines is 1. The minimum absolute atomic E-state index is 0.165. The van der Waals surface area contributed by atoms with Gasteiger partial charge < -0.3 is 10.1 Å². The zero-order chi connectivity index (χ0) is 15.7. The molecule has 2 aromatic rings. The number of nitrogens with zero attached hydrogens (tertiary/aromatic N) is 2. The van der Waals surface area contributed by atoms with Gasteiger partial charge in [-0.1, -0.05) is 11.6 Å². The van der Waals surface area contributed by atoms with Crippen molar-refractivity contribution in [1.29, 1.82) is 0 Å². The van der Waals surface area contributed by atoms with Gasteiger partial charge in [-0.3, -0.25) is 0 Å². The Kier molecular flexibility index (Phi) is 4.68. The minimum atomic E-state index is -0.347. The number of esters is 1. The topological polar surface area (TPSA) is 64.1 Å². The fourth-order valence-electron chi connectivity index (χ4n) is 1.88. The average Bonchev–Trinajstić information content (AvgIpc) is 2.65. The van der Waals surface area contributed by atoms with Crippen LogP contribution in [0.1, 0.15) is 42.9 Å². The molecule has 2 rings (SSSR count). The maximum Gasteiger partial charge on any atom is 0.348 e. The van der Waals surface area contributed by atoms with Gasteiger partial charge in [-0.25, -0.2) is 14.8 Å². The van der Waals surface area contributed by atoms with E-state index in [4.69, 9.17) is 16.3 Å². The third kappa shape index (κ3) is 3.44. The average molecular weight is 328 g/mol. The lowest BCUT2D eigenvalue weighted by molar-refractivity contribution is 0.0383. The number of ether oxygens (including phenoxy) is 1. The summed E-state index contributed by atoms with van der Waals surface area (Å²) in [6.45, 7) is 9.45. The maximum atomic E-state index is 12.1. The summed E-state index contributed by atoms with van der Waals surface area (Å²) in [5.74, 6) is 0.118. The fraction of sp³-hybridized carbons (Fsp3) is 0.500.